The summed E-state index contributed by atoms with van der Waals surface area (Å²) in [6.07, 6.45) is 1.23. The highest BCUT2D eigenvalue weighted by Crippen LogP contribution is 2.17. The van der Waals surface area contributed by atoms with E-state index in [1.807, 2.05) is 11.3 Å². The summed E-state index contributed by atoms with van der Waals surface area (Å²) in [6.45, 7) is 8.51. The van der Waals surface area contributed by atoms with Crippen LogP contribution < -0.4 is 5.73 Å². The van der Waals surface area contributed by atoms with Crippen LogP contribution in [0.3, 0.4) is 0 Å². The van der Waals surface area contributed by atoms with Crippen LogP contribution in [0.25, 0.3) is 0 Å². The molecule has 0 aliphatic carbocycles. The highest BCUT2D eigenvalue weighted by molar-refractivity contribution is 7.11. The molecule has 0 aliphatic heterocycles. The summed E-state index contributed by atoms with van der Waals surface area (Å²) in [5, 5.41) is 0. The van der Waals surface area contributed by atoms with Crippen LogP contribution in [0.4, 0.5) is 0 Å². The van der Waals surface area contributed by atoms with Gasteiger partial charge in [-0.2, -0.15) is 0 Å². The van der Waals surface area contributed by atoms with Crippen LogP contribution in [0.5, 0.6) is 0 Å². The lowest BCUT2D eigenvalue weighted by molar-refractivity contribution is 0.283. The molecule has 0 aliphatic rings. The fourth-order valence-electron chi connectivity index (χ4n) is 1.50. The smallest absolute Gasteiger partial charge is 0.0327 e. The zero-order valence-electron chi connectivity index (χ0n) is 9.12. The Morgan fingerprint density at radius 1 is 1.29 bits per heavy atom. The molecule has 0 amide bonds. The molecular weight excluding hydrogens is 192 g/mol. The van der Waals surface area contributed by atoms with Crippen molar-refractivity contribution < 1.29 is 0 Å². The van der Waals surface area contributed by atoms with Gasteiger partial charge in [-0.25, -0.2) is 0 Å². The third kappa shape index (κ3) is 3.40. The number of rotatable bonds is 6. The average molecular weight is 212 g/mol. The van der Waals surface area contributed by atoms with Crippen molar-refractivity contribution in [2.75, 3.05) is 13.1 Å². The third-order valence-corrected chi connectivity index (χ3v) is 3.38. The zero-order chi connectivity index (χ0) is 10.4. The van der Waals surface area contributed by atoms with Gasteiger partial charge in [0, 0.05) is 22.8 Å². The molecular formula is C11H20N2S. The molecule has 0 radical (unpaired) electrons. The van der Waals surface area contributed by atoms with E-state index < -0.39 is 0 Å². The van der Waals surface area contributed by atoms with Gasteiger partial charge < -0.3 is 5.73 Å². The van der Waals surface area contributed by atoms with E-state index in [2.05, 4.69) is 30.9 Å². The summed E-state index contributed by atoms with van der Waals surface area (Å²) >= 11 is 1.84. The number of nitrogens with zero attached hydrogens (tertiary/aromatic N) is 1. The largest absolute Gasteiger partial charge is 0.326 e. The molecule has 1 rings (SSSR count). The molecule has 0 saturated carbocycles. The Hall–Kier alpha value is -0.380. The highest BCUT2D eigenvalue weighted by atomic mass is 32.1. The van der Waals surface area contributed by atoms with Gasteiger partial charge in [0.25, 0.3) is 0 Å². The summed E-state index contributed by atoms with van der Waals surface area (Å²) in [5.74, 6) is 0. The number of thiophene rings is 1. The summed E-state index contributed by atoms with van der Waals surface area (Å²) in [4.78, 5) is 5.18. The minimum atomic E-state index is 0.671. The minimum Gasteiger partial charge on any atom is -0.326 e. The van der Waals surface area contributed by atoms with Crippen LogP contribution in [0.15, 0.2) is 12.1 Å². The minimum absolute atomic E-state index is 0.671. The first-order chi connectivity index (χ1) is 6.80. The molecule has 3 heteroatoms. The molecule has 0 saturated heterocycles. The normalized spacial score (nSPS) is 11.1. The molecule has 14 heavy (non-hydrogen) atoms. The van der Waals surface area contributed by atoms with Gasteiger partial charge in [-0.05, 0) is 31.6 Å². The predicted octanol–water partition coefficient (Wildman–Crippen LogP) is 2.44. The van der Waals surface area contributed by atoms with Gasteiger partial charge in [0.1, 0.15) is 0 Å². The monoisotopic (exact) mass is 212 g/mol. The van der Waals surface area contributed by atoms with E-state index in [9.17, 15) is 0 Å². The highest BCUT2D eigenvalue weighted by Gasteiger charge is 2.04. The summed E-state index contributed by atoms with van der Waals surface area (Å²) in [7, 11) is 0. The van der Waals surface area contributed by atoms with Crippen LogP contribution in [0.2, 0.25) is 0 Å². The molecule has 0 aromatic carbocycles. The van der Waals surface area contributed by atoms with Gasteiger partial charge in [0.05, 0.1) is 0 Å². The quantitative estimate of drug-likeness (QED) is 0.785. The lowest BCUT2D eigenvalue weighted by Gasteiger charge is -2.18. The van der Waals surface area contributed by atoms with E-state index in [1.165, 1.54) is 22.7 Å². The molecule has 0 unspecified atom stereocenters. The van der Waals surface area contributed by atoms with Gasteiger partial charge >= 0.3 is 0 Å². The van der Waals surface area contributed by atoms with Crippen molar-refractivity contribution in [3.63, 3.8) is 0 Å². The molecule has 1 heterocycles. The molecule has 2 nitrogen and oxygen atoms in total. The Morgan fingerprint density at radius 3 is 2.50 bits per heavy atom. The standard InChI is InChI=1S/C11H20N2S/c1-3-7-13(4-2)9-11-6-5-10(8-12)14-11/h5-6H,3-4,7-9,12H2,1-2H3. The second-order valence-corrected chi connectivity index (χ2v) is 4.69. The Morgan fingerprint density at radius 2 is 2.00 bits per heavy atom. The van der Waals surface area contributed by atoms with Crippen LogP contribution in [0, 0.1) is 0 Å². The Balaban J connectivity index is 2.48. The summed E-state index contributed by atoms with van der Waals surface area (Å²) in [5.41, 5.74) is 5.58. The first-order valence-electron chi connectivity index (χ1n) is 5.30. The zero-order valence-corrected chi connectivity index (χ0v) is 9.94. The topological polar surface area (TPSA) is 29.3 Å². The second-order valence-electron chi connectivity index (χ2n) is 3.44. The van der Waals surface area contributed by atoms with Crippen molar-refractivity contribution in [3.8, 4) is 0 Å². The van der Waals surface area contributed by atoms with Crippen molar-refractivity contribution in [2.45, 2.75) is 33.4 Å². The maximum absolute atomic E-state index is 5.58. The Labute approximate surface area is 90.7 Å². The molecule has 1 aromatic rings. The molecule has 0 spiro atoms. The van der Waals surface area contributed by atoms with Crippen LogP contribution in [0.1, 0.15) is 30.0 Å². The average Bonchev–Trinajstić information content (AvgIpc) is 2.65. The van der Waals surface area contributed by atoms with Crippen molar-refractivity contribution in [1.82, 2.24) is 4.90 Å². The van der Waals surface area contributed by atoms with Crippen LogP contribution >= 0.6 is 11.3 Å². The Kier molecular flexibility index (Phi) is 5.15. The van der Waals surface area contributed by atoms with E-state index in [-0.39, 0.29) is 0 Å². The van der Waals surface area contributed by atoms with E-state index in [4.69, 9.17) is 5.73 Å². The lowest BCUT2D eigenvalue weighted by atomic mass is 10.3. The molecule has 1 aromatic heterocycles. The molecule has 0 atom stereocenters. The lowest BCUT2D eigenvalue weighted by Crippen LogP contribution is -2.22. The molecule has 80 valence electrons. The van der Waals surface area contributed by atoms with Gasteiger partial charge in [-0.15, -0.1) is 11.3 Å². The fraction of sp³-hybridized carbons (Fsp3) is 0.636. The number of hydrogen-bond donors (Lipinski definition) is 1. The number of nitrogens with two attached hydrogens (primary N) is 1. The first kappa shape index (κ1) is 11.7. The third-order valence-electron chi connectivity index (χ3n) is 2.28. The van der Waals surface area contributed by atoms with E-state index in [0.29, 0.717) is 6.54 Å². The summed E-state index contributed by atoms with van der Waals surface area (Å²) in [6, 6.07) is 4.34. The molecule has 0 fully saturated rings. The second kappa shape index (κ2) is 6.17. The maximum atomic E-state index is 5.58. The molecule has 2 N–H and O–H groups in total. The SMILES string of the molecule is CCCN(CC)Cc1ccc(CN)s1. The van der Waals surface area contributed by atoms with Gasteiger partial charge in [-0.3, -0.25) is 4.90 Å². The van der Waals surface area contributed by atoms with Gasteiger partial charge in [-0.1, -0.05) is 13.8 Å². The van der Waals surface area contributed by atoms with Gasteiger partial charge in [0.15, 0.2) is 0 Å². The fourth-order valence-corrected chi connectivity index (χ4v) is 2.44. The van der Waals surface area contributed by atoms with Crippen molar-refractivity contribution in [1.29, 1.82) is 0 Å². The predicted molar refractivity (Wildman–Crippen MR) is 63.5 cm³/mol. The van der Waals surface area contributed by atoms with Gasteiger partial charge in [0.2, 0.25) is 0 Å². The van der Waals surface area contributed by atoms with Crippen molar-refractivity contribution in [2.24, 2.45) is 5.73 Å². The molecule has 0 bridgehead atoms. The number of hydrogen-bond acceptors (Lipinski definition) is 3. The van der Waals surface area contributed by atoms with Crippen molar-refractivity contribution >= 4 is 11.3 Å². The van der Waals surface area contributed by atoms with Crippen molar-refractivity contribution in [3.05, 3.63) is 21.9 Å². The van der Waals surface area contributed by atoms with E-state index in [1.54, 1.807) is 0 Å². The van der Waals surface area contributed by atoms with E-state index >= 15 is 0 Å². The van der Waals surface area contributed by atoms with Crippen LogP contribution in [-0.4, -0.2) is 18.0 Å². The Bertz CT molecular complexity index is 258. The summed E-state index contributed by atoms with van der Waals surface area (Å²) < 4.78 is 0. The maximum Gasteiger partial charge on any atom is 0.0327 e. The first-order valence-corrected chi connectivity index (χ1v) is 6.11. The van der Waals surface area contributed by atoms with Crippen LogP contribution in [-0.2, 0) is 13.1 Å². The van der Waals surface area contributed by atoms with E-state index in [0.717, 1.165) is 13.1 Å².